The number of hydrogen-bond donors (Lipinski definition) is 2. The van der Waals surface area contributed by atoms with Gasteiger partial charge in [-0.25, -0.2) is 9.86 Å². The second-order valence-corrected chi connectivity index (χ2v) is 4.83. The molecule has 1 heterocycles. The largest absolute Gasteiger partial charge is 0.465 e. The van der Waals surface area contributed by atoms with Gasteiger partial charge in [0, 0.05) is 7.05 Å². The smallest absolute Gasteiger partial charge is 0.405 e. The molecule has 0 radical (unpaired) electrons. The Kier molecular flexibility index (Phi) is 4.43. The Hall–Kier alpha value is -0.950. The minimum Gasteiger partial charge on any atom is -0.465 e. The zero-order valence-electron chi connectivity index (χ0n) is 9.36. The van der Waals surface area contributed by atoms with Crippen LogP contribution in [0.4, 0.5) is 4.79 Å². The number of carbonyl (C=O) groups excluding carboxylic acids is 1. The van der Waals surface area contributed by atoms with E-state index < -0.39 is 11.6 Å². The molecular formula is C9H16N2O4S. The van der Waals surface area contributed by atoms with Gasteiger partial charge in [-0.1, -0.05) is 0 Å². The molecule has 92 valence electrons. The number of amides is 2. The molecule has 0 bridgehead atoms. The zero-order valence-corrected chi connectivity index (χ0v) is 10.2. The van der Waals surface area contributed by atoms with Gasteiger partial charge < -0.3 is 10.4 Å². The Balaban J connectivity index is 2.84. The average molecular weight is 248 g/mol. The molecule has 7 heteroatoms. The Morgan fingerprint density at radius 3 is 2.44 bits per heavy atom. The van der Waals surface area contributed by atoms with Gasteiger partial charge in [-0.2, -0.15) is 11.8 Å². The lowest BCUT2D eigenvalue weighted by Gasteiger charge is -2.37. The number of carboxylic acid groups (broad SMARTS) is 1. The predicted octanol–water partition coefficient (Wildman–Crippen LogP) is 0.540. The number of thioether (sulfide) groups is 1. The molecule has 0 aromatic carbocycles. The SMILES string of the molecule is CON(C)C(=O)C1(NC(=O)O)CCSCC1. The minimum absolute atomic E-state index is 0.335. The van der Waals surface area contributed by atoms with Crippen molar-refractivity contribution in [2.45, 2.75) is 18.4 Å². The highest BCUT2D eigenvalue weighted by Gasteiger charge is 2.43. The number of nitrogens with zero attached hydrogens (tertiary/aromatic N) is 1. The first-order valence-electron chi connectivity index (χ1n) is 4.93. The number of carbonyl (C=O) groups is 2. The van der Waals surface area contributed by atoms with E-state index in [0.717, 1.165) is 16.6 Å². The number of rotatable bonds is 3. The summed E-state index contributed by atoms with van der Waals surface area (Å²) in [7, 11) is 2.86. The van der Waals surface area contributed by atoms with Crippen LogP contribution in [0.3, 0.4) is 0 Å². The van der Waals surface area contributed by atoms with Crippen LogP contribution in [0.15, 0.2) is 0 Å². The van der Waals surface area contributed by atoms with E-state index in [1.165, 1.54) is 14.2 Å². The van der Waals surface area contributed by atoms with Crippen LogP contribution in [0.1, 0.15) is 12.8 Å². The van der Waals surface area contributed by atoms with E-state index in [0.29, 0.717) is 12.8 Å². The van der Waals surface area contributed by atoms with Crippen molar-refractivity contribution in [3.05, 3.63) is 0 Å². The average Bonchev–Trinajstić information content (AvgIpc) is 2.27. The first kappa shape index (κ1) is 13.1. The van der Waals surface area contributed by atoms with Crippen molar-refractivity contribution in [1.82, 2.24) is 10.4 Å². The summed E-state index contributed by atoms with van der Waals surface area (Å²) in [6, 6.07) is 0. The van der Waals surface area contributed by atoms with Crippen LogP contribution in [0.25, 0.3) is 0 Å². The molecule has 0 atom stereocenters. The predicted molar refractivity (Wildman–Crippen MR) is 60.2 cm³/mol. The third-order valence-electron chi connectivity index (χ3n) is 2.66. The lowest BCUT2D eigenvalue weighted by Crippen LogP contribution is -2.60. The second-order valence-electron chi connectivity index (χ2n) is 3.61. The van der Waals surface area contributed by atoms with E-state index >= 15 is 0 Å². The second kappa shape index (κ2) is 5.40. The molecule has 0 unspecified atom stereocenters. The molecule has 0 spiro atoms. The van der Waals surface area contributed by atoms with Gasteiger partial charge in [-0.15, -0.1) is 0 Å². The lowest BCUT2D eigenvalue weighted by atomic mass is 9.91. The summed E-state index contributed by atoms with van der Waals surface area (Å²) in [5.74, 6) is 1.20. The Morgan fingerprint density at radius 1 is 1.44 bits per heavy atom. The van der Waals surface area contributed by atoms with E-state index in [1.807, 2.05) is 0 Å². The number of hydroxylamine groups is 2. The van der Waals surface area contributed by atoms with Crippen molar-refractivity contribution >= 4 is 23.8 Å². The molecule has 0 aliphatic carbocycles. The summed E-state index contributed by atoms with van der Waals surface area (Å²) in [6.07, 6.45) is -0.183. The van der Waals surface area contributed by atoms with Gasteiger partial charge in [-0.05, 0) is 24.3 Å². The molecular weight excluding hydrogens is 232 g/mol. The van der Waals surface area contributed by atoms with Gasteiger partial charge in [0.15, 0.2) is 0 Å². The highest BCUT2D eigenvalue weighted by Crippen LogP contribution is 2.28. The first-order valence-corrected chi connectivity index (χ1v) is 6.08. The third-order valence-corrected chi connectivity index (χ3v) is 3.65. The number of nitrogens with one attached hydrogen (secondary N) is 1. The van der Waals surface area contributed by atoms with Crippen LogP contribution >= 0.6 is 11.8 Å². The summed E-state index contributed by atoms with van der Waals surface area (Å²) < 4.78 is 0. The monoisotopic (exact) mass is 248 g/mol. The molecule has 1 fully saturated rings. The molecule has 1 rings (SSSR count). The maximum atomic E-state index is 12.1. The number of hydrogen-bond acceptors (Lipinski definition) is 4. The highest BCUT2D eigenvalue weighted by molar-refractivity contribution is 7.99. The van der Waals surface area contributed by atoms with Crippen LogP contribution in [0.2, 0.25) is 0 Å². The lowest BCUT2D eigenvalue weighted by molar-refractivity contribution is -0.176. The van der Waals surface area contributed by atoms with Gasteiger partial charge in [0.25, 0.3) is 5.91 Å². The van der Waals surface area contributed by atoms with Gasteiger partial charge in [0.1, 0.15) is 5.54 Å². The van der Waals surface area contributed by atoms with Gasteiger partial charge in [-0.3, -0.25) is 9.63 Å². The Labute approximate surface area is 98.3 Å². The van der Waals surface area contributed by atoms with Crippen molar-refractivity contribution in [2.24, 2.45) is 0 Å². The molecule has 0 saturated carbocycles. The molecule has 0 aromatic rings. The van der Waals surface area contributed by atoms with Gasteiger partial charge in [0.05, 0.1) is 7.11 Å². The normalized spacial score (nSPS) is 18.9. The molecule has 2 amide bonds. The van der Waals surface area contributed by atoms with Gasteiger partial charge >= 0.3 is 6.09 Å². The van der Waals surface area contributed by atoms with Crippen LogP contribution in [0, 0.1) is 0 Å². The van der Waals surface area contributed by atoms with Crippen molar-refractivity contribution in [3.63, 3.8) is 0 Å². The standard InChI is InChI=1S/C9H16N2O4S/c1-11(15-2)7(12)9(10-8(13)14)3-5-16-6-4-9/h10H,3-6H2,1-2H3,(H,13,14). The summed E-state index contributed by atoms with van der Waals surface area (Å²) in [4.78, 5) is 27.6. The van der Waals surface area contributed by atoms with E-state index in [9.17, 15) is 9.59 Å². The minimum atomic E-state index is -1.18. The zero-order chi connectivity index (χ0) is 12.2. The maximum Gasteiger partial charge on any atom is 0.405 e. The quantitative estimate of drug-likeness (QED) is 0.713. The summed E-state index contributed by atoms with van der Waals surface area (Å²) in [5.41, 5.74) is -1.03. The highest BCUT2D eigenvalue weighted by atomic mass is 32.2. The molecule has 1 saturated heterocycles. The molecule has 0 aromatic heterocycles. The molecule has 16 heavy (non-hydrogen) atoms. The van der Waals surface area contributed by atoms with E-state index in [4.69, 9.17) is 9.94 Å². The molecule has 1 aliphatic heterocycles. The van der Waals surface area contributed by atoms with Crippen LogP contribution < -0.4 is 5.32 Å². The van der Waals surface area contributed by atoms with Gasteiger partial charge in [0.2, 0.25) is 0 Å². The Morgan fingerprint density at radius 2 is 2.00 bits per heavy atom. The van der Waals surface area contributed by atoms with Crippen LogP contribution in [0.5, 0.6) is 0 Å². The topological polar surface area (TPSA) is 78.9 Å². The molecule has 2 N–H and O–H groups in total. The maximum absolute atomic E-state index is 12.1. The summed E-state index contributed by atoms with van der Waals surface area (Å²) in [5, 5.41) is 12.2. The number of likely N-dealkylation sites (N-methyl/N-ethyl adjacent to an activating group) is 1. The van der Waals surface area contributed by atoms with E-state index in [-0.39, 0.29) is 5.91 Å². The Bertz CT molecular complexity index is 279. The van der Waals surface area contributed by atoms with Crippen molar-refractivity contribution in [2.75, 3.05) is 25.7 Å². The van der Waals surface area contributed by atoms with Crippen LogP contribution in [-0.2, 0) is 9.63 Å². The molecule has 1 aliphatic rings. The fourth-order valence-corrected chi connectivity index (χ4v) is 2.89. The fraction of sp³-hybridized carbons (Fsp3) is 0.778. The van der Waals surface area contributed by atoms with Crippen molar-refractivity contribution in [3.8, 4) is 0 Å². The van der Waals surface area contributed by atoms with Crippen LogP contribution in [-0.4, -0.2) is 53.4 Å². The van der Waals surface area contributed by atoms with E-state index in [2.05, 4.69) is 5.32 Å². The van der Waals surface area contributed by atoms with Crippen molar-refractivity contribution < 1.29 is 19.5 Å². The summed E-state index contributed by atoms with van der Waals surface area (Å²) >= 11 is 1.72. The third kappa shape index (κ3) is 2.79. The summed E-state index contributed by atoms with van der Waals surface area (Å²) in [6.45, 7) is 0. The fourth-order valence-electron chi connectivity index (χ4n) is 1.70. The first-order chi connectivity index (χ1) is 7.52. The van der Waals surface area contributed by atoms with Crippen molar-refractivity contribution in [1.29, 1.82) is 0 Å². The molecule has 6 nitrogen and oxygen atoms in total. The van der Waals surface area contributed by atoms with E-state index in [1.54, 1.807) is 11.8 Å².